The van der Waals surface area contributed by atoms with Crippen LogP contribution in [0.15, 0.2) is 48.5 Å². The third kappa shape index (κ3) is 5.95. The van der Waals surface area contributed by atoms with Gasteiger partial charge < -0.3 is 14.8 Å². The fraction of sp³-hybridized carbons (Fsp3) is 0.400. The van der Waals surface area contributed by atoms with Gasteiger partial charge in [0, 0.05) is 18.8 Å². The van der Waals surface area contributed by atoms with Gasteiger partial charge >= 0.3 is 0 Å². The van der Waals surface area contributed by atoms with Gasteiger partial charge in [-0.3, -0.25) is 0 Å². The Morgan fingerprint density at radius 2 is 1.61 bits per heavy atom. The number of benzene rings is 2. The second-order valence-corrected chi connectivity index (χ2v) is 5.82. The molecule has 0 heterocycles. The maximum Gasteiger partial charge on any atom is 0.119 e. The summed E-state index contributed by atoms with van der Waals surface area (Å²) in [4.78, 5) is 0. The molecule has 0 aliphatic heterocycles. The van der Waals surface area contributed by atoms with E-state index in [0.29, 0.717) is 19.1 Å². The molecule has 0 saturated heterocycles. The van der Waals surface area contributed by atoms with Crippen LogP contribution >= 0.6 is 0 Å². The van der Waals surface area contributed by atoms with Gasteiger partial charge in [-0.25, -0.2) is 0 Å². The van der Waals surface area contributed by atoms with Crippen LogP contribution in [-0.2, 0) is 11.3 Å². The van der Waals surface area contributed by atoms with Crippen LogP contribution in [0, 0.1) is 0 Å². The van der Waals surface area contributed by atoms with Crippen molar-refractivity contribution < 1.29 is 9.47 Å². The fourth-order valence-electron chi connectivity index (χ4n) is 2.26. The predicted octanol–water partition coefficient (Wildman–Crippen LogP) is 4.84. The smallest absolute Gasteiger partial charge is 0.119 e. The minimum Gasteiger partial charge on any atom is -0.491 e. The highest BCUT2D eigenvalue weighted by molar-refractivity contribution is 5.46. The highest BCUT2D eigenvalue weighted by Crippen LogP contribution is 2.18. The zero-order chi connectivity index (χ0) is 16.5. The first-order chi connectivity index (χ1) is 11.2. The van der Waals surface area contributed by atoms with Crippen LogP contribution in [0.5, 0.6) is 5.75 Å². The highest BCUT2D eigenvalue weighted by Gasteiger charge is 2.00. The van der Waals surface area contributed by atoms with Crippen molar-refractivity contribution in [1.82, 2.24) is 0 Å². The van der Waals surface area contributed by atoms with E-state index in [1.54, 1.807) is 0 Å². The Morgan fingerprint density at radius 3 is 2.22 bits per heavy atom. The van der Waals surface area contributed by atoms with Crippen molar-refractivity contribution in [3.63, 3.8) is 0 Å². The molecule has 124 valence electrons. The Labute approximate surface area is 139 Å². The molecule has 0 aliphatic carbocycles. The number of hydrogen-bond donors (Lipinski definition) is 1. The first-order valence-electron chi connectivity index (χ1n) is 8.32. The molecule has 0 bridgehead atoms. The third-order valence-electron chi connectivity index (χ3n) is 3.70. The molecule has 2 aromatic rings. The number of ether oxygens (including phenoxy) is 2. The summed E-state index contributed by atoms with van der Waals surface area (Å²) >= 11 is 0. The van der Waals surface area contributed by atoms with E-state index >= 15 is 0 Å². The van der Waals surface area contributed by atoms with E-state index in [2.05, 4.69) is 43.4 Å². The van der Waals surface area contributed by atoms with Crippen LogP contribution in [-0.4, -0.2) is 19.8 Å². The van der Waals surface area contributed by atoms with E-state index in [4.69, 9.17) is 9.47 Å². The largest absolute Gasteiger partial charge is 0.491 e. The lowest BCUT2D eigenvalue weighted by molar-refractivity contribution is 0.110. The first-order valence-corrected chi connectivity index (χ1v) is 8.32. The molecule has 23 heavy (non-hydrogen) atoms. The molecule has 0 spiro atoms. The Hall–Kier alpha value is -2.00. The van der Waals surface area contributed by atoms with Crippen molar-refractivity contribution in [2.24, 2.45) is 0 Å². The topological polar surface area (TPSA) is 30.5 Å². The molecule has 1 N–H and O–H groups in total. The number of rotatable bonds is 9. The van der Waals surface area contributed by atoms with Crippen LogP contribution < -0.4 is 10.1 Å². The van der Waals surface area contributed by atoms with Crippen LogP contribution in [0.25, 0.3) is 0 Å². The summed E-state index contributed by atoms with van der Waals surface area (Å²) in [6.45, 7) is 9.17. The summed E-state index contributed by atoms with van der Waals surface area (Å²) < 4.78 is 10.9. The van der Waals surface area contributed by atoms with Crippen molar-refractivity contribution in [2.75, 3.05) is 25.1 Å². The van der Waals surface area contributed by atoms with Crippen LogP contribution in [0.4, 0.5) is 5.69 Å². The van der Waals surface area contributed by atoms with E-state index in [-0.39, 0.29) is 0 Å². The summed E-state index contributed by atoms with van der Waals surface area (Å²) in [5.41, 5.74) is 3.75. The average Bonchev–Trinajstić information content (AvgIpc) is 2.58. The maximum atomic E-state index is 5.61. The van der Waals surface area contributed by atoms with Gasteiger partial charge in [0.25, 0.3) is 0 Å². The SMILES string of the molecule is CCOCCOc1ccc(NCc2ccc(C(C)C)cc2)cc1. The molecule has 0 aliphatic rings. The Morgan fingerprint density at radius 1 is 0.913 bits per heavy atom. The Kier molecular flexibility index (Phi) is 6.95. The maximum absolute atomic E-state index is 5.61. The highest BCUT2D eigenvalue weighted by atomic mass is 16.5. The third-order valence-corrected chi connectivity index (χ3v) is 3.70. The molecule has 0 amide bonds. The fourth-order valence-corrected chi connectivity index (χ4v) is 2.26. The summed E-state index contributed by atoms with van der Waals surface area (Å²) in [5, 5.41) is 3.43. The van der Waals surface area contributed by atoms with Gasteiger partial charge in [0.15, 0.2) is 0 Å². The van der Waals surface area contributed by atoms with E-state index < -0.39 is 0 Å². The number of nitrogens with one attached hydrogen (secondary N) is 1. The van der Waals surface area contributed by atoms with Gasteiger partial charge in [-0.2, -0.15) is 0 Å². The standard InChI is InChI=1S/C20H27NO2/c1-4-22-13-14-23-20-11-9-19(10-12-20)21-15-17-5-7-18(8-6-17)16(2)3/h5-12,16,21H,4,13-15H2,1-3H3. The molecule has 0 fully saturated rings. The van der Waals surface area contributed by atoms with Gasteiger partial charge in [-0.15, -0.1) is 0 Å². The lowest BCUT2D eigenvalue weighted by Crippen LogP contribution is -2.06. The summed E-state index contributed by atoms with van der Waals surface area (Å²) in [6, 6.07) is 16.8. The molecule has 2 rings (SSSR count). The molecular weight excluding hydrogens is 286 g/mol. The van der Waals surface area contributed by atoms with E-state index in [1.807, 2.05) is 31.2 Å². The van der Waals surface area contributed by atoms with Crippen molar-refractivity contribution >= 4 is 5.69 Å². The van der Waals surface area contributed by atoms with Crippen LogP contribution in [0.2, 0.25) is 0 Å². The number of anilines is 1. The van der Waals surface area contributed by atoms with E-state index in [9.17, 15) is 0 Å². The second-order valence-electron chi connectivity index (χ2n) is 5.82. The lowest BCUT2D eigenvalue weighted by atomic mass is 10.0. The van der Waals surface area contributed by atoms with Crippen molar-refractivity contribution in [2.45, 2.75) is 33.2 Å². The molecular formula is C20H27NO2. The predicted molar refractivity (Wildman–Crippen MR) is 96.3 cm³/mol. The quantitative estimate of drug-likeness (QED) is 0.672. The minimum atomic E-state index is 0.576. The molecule has 3 heteroatoms. The lowest BCUT2D eigenvalue weighted by Gasteiger charge is -2.10. The molecule has 0 unspecified atom stereocenters. The molecule has 2 aromatic carbocycles. The van der Waals surface area contributed by atoms with Gasteiger partial charge in [0.1, 0.15) is 12.4 Å². The summed E-state index contributed by atoms with van der Waals surface area (Å²) in [5.74, 6) is 1.45. The molecule has 0 atom stereocenters. The number of hydrogen-bond acceptors (Lipinski definition) is 3. The minimum absolute atomic E-state index is 0.576. The normalized spacial score (nSPS) is 10.8. The second kappa shape index (κ2) is 9.21. The summed E-state index contributed by atoms with van der Waals surface area (Å²) in [7, 11) is 0. The van der Waals surface area contributed by atoms with Gasteiger partial charge in [-0.05, 0) is 48.2 Å². The van der Waals surface area contributed by atoms with Gasteiger partial charge in [0.05, 0.1) is 6.61 Å². The zero-order valence-corrected chi connectivity index (χ0v) is 14.3. The Balaban J connectivity index is 1.79. The molecule has 3 nitrogen and oxygen atoms in total. The van der Waals surface area contributed by atoms with Crippen molar-refractivity contribution in [1.29, 1.82) is 0 Å². The average molecular weight is 313 g/mol. The van der Waals surface area contributed by atoms with Gasteiger partial charge in [0.2, 0.25) is 0 Å². The monoisotopic (exact) mass is 313 g/mol. The van der Waals surface area contributed by atoms with Gasteiger partial charge in [-0.1, -0.05) is 38.1 Å². The van der Waals surface area contributed by atoms with Crippen molar-refractivity contribution in [3.8, 4) is 5.75 Å². The van der Waals surface area contributed by atoms with E-state index in [0.717, 1.165) is 24.6 Å². The molecule has 0 radical (unpaired) electrons. The van der Waals surface area contributed by atoms with Crippen molar-refractivity contribution in [3.05, 3.63) is 59.7 Å². The first kappa shape index (κ1) is 17.4. The Bertz CT molecular complexity index is 561. The zero-order valence-electron chi connectivity index (χ0n) is 14.3. The summed E-state index contributed by atoms with van der Waals surface area (Å²) in [6.07, 6.45) is 0. The molecule has 0 saturated carbocycles. The van der Waals surface area contributed by atoms with E-state index in [1.165, 1.54) is 11.1 Å². The molecule has 0 aromatic heterocycles. The van der Waals surface area contributed by atoms with Crippen LogP contribution in [0.3, 0.4) is 0 Å². The van der Waals surface area contributed by atoms with Crippen LogP contribution in [0.1, 0.15) is 37.8 Å².